The number of aryl methyl sites for hydroxylation is 1. The van der Waals surface area contributed by atoms with Gasteiger partial charge in [-0.15, -0.1) is 10.2 Å². The lowest BCUT2D eigenvalue weighted by Crippen LogP contribution is -2.44. The van der Waals surface area contributed by atoms with Crippen LogP contribution >= 0.6 is 0 Å². The lowest BCUT2D eigenvalue weighted by Gasteiger charge is -2.29. The summed E-state index contributed by atoms with van der Waals surface area (Å²) in [5.41, 5.74) is 8.00. The smallest absolute Gasteiger partial charge is 0.246 e. The van der Waals surface area contributed by atoms with E-state index in [1.54, 1.807) is 26.0 Å². The third kappa shape index (κ3) is 4.73. The number of amides is 1. The number of nitrogens with two attached hydrogens (primary N) is 1. The Labute approximate surface area is 215 Å². The molecule has 0 saturated carbocycles. The van der Waals surface area contributed by atoms with Crippen molar-refractivity contribution in [2.45, 2.75) is 44.1 Å². The topological polar surface area (TPSA) is 132 Å². The lowest BCUT2D eigenvalue weighted by atomic mass is 9.96. The highest BCUT2D eigenvalue weighted by Crippen LogP contribution is 2.38. The van der Waals surface area contributed by atoms with E-state index < -0.39 is 6.17 Å². The number of fused-ring (bicyclic) bond motifs is 1. The number of aromatic nitrogens is 2. The molecule has 5 atom stereocenters. The molecule has 0 aromatic carbocycles. The maximum atomic E-state index is 12.7. The molecule has 1 saturated heterocycles. The second-order valence-corrected chi connectivity index (χ2v) is 9.14. The van der Waals surface area contributed by atoms with Crippen LogP contribution in [-0.4, -0.2) is 77.2 Å². The van der Waals surface area contributed by atoms with Gasteiger partial charge in [-0.05, 0) is 24.6 Å². The normalized spacial score (nSPS) is 28.5. The van der Waals surface area contributed by atoms with Crippen molar-refractivity contribution in [1.82, 2.24) is 20.0 Å². The van der Waals surface area contributed by atoms with Crippen molar-refractivity contribution in [3.8, 4) is 11.8 Å². The minimum atomic E-state index is -0.517. The summed E-state index contributed by atoms with van der Waals surface area (Å²) in [5, 5.41) is 8.11. The quantitative estimate of drug-likeness (QED) is 0.474. The molecule has 11 nitrogen and oxygen atoms in total. The van der Waals surface area contributed by atoms with E-state index in [2.05, 4.69) is 43.5 Å². The number of hydrogen-bond donors (Lipinski definition) is 1. The number of likely N-dealkylation sites (tertiary alicyclic amines) is 1. The van der Waals surface area contributed by atoms with Gasteiger partial charge in [0, 0.05) is 44.3 Å². The number of ether oxygens (including phenoxy) is 2. The van der Waals surface area contributed by atoms with Gasteiger partial charge in [-0.2, -0.15) is 0 Å². The minimum absolute atomic E-state index is 0.103. The van der Waals surface area contributed by atoms with Crippen molar-refractivity contribution in [2.75, 3.05) is 20.8 Å². The van der Waals surface area contributed by atoms with Gasteiger partial charge in [-0.25, -0.2) is 4.99 Å². The first kappa shape index (κ1) is 24.7. The third-order valence-corrected chi connectivity index (χ3v) is 6.88. The number of nitrogens with zero attached hydrogens (tertiary/aromatic N) is 6. The van der Waals surface area contributed by atoms with Gasteiger partial charge in [0.1, 0.15) is 24.4 Å². The third-order valence-electron chi connectivity index (χ3n) is 6.88. The van der Waals surface area contributed by atoms with E-state index in [9.17, 15) is 4.79 Å². The molecule has 1 aromatic heterocycles. The molecule has 0 radical (unpaired) electrons. The number of hydrogen-bond acceptors (Lipinski definition) is 10. The molecule has 37 heavy (non-hydrogen) atoms. The molecule has 1 amide bonds. The summed E-state index contributed by atoms with van der Waals surface area (Å²) in [6, 6.07) is -0.478. The Kier molecular flexibility index (Phi) is 6.78. The van der Waals surface area contributed by atoms with Gasteiger partial charge in [0.05, 0.1) is 30.9 Å². The number of amidine groups is 1. The average Bonchev–Trinajstić information content (AvgIpc) is 3.63. The first-order valence-corrected chi connectivity index (χ1v) is 12.0. The standard InChI is InChI=1S/C26H29N7O4/c1-5-22(34)33-13-18(10-21(33)26-31-30-15(2)37-26)32-12-17(23-24(27)28-14-29-25(23)32)7-6-16-8-19(35-3)11-20(9-16)36-4/h5,8-9,12,14,18-19,21,23-24H,1,10-11,13,27H2,2-4H3. The molecule has 0 bridgehead atoms. The summed E-state index contributed by atoms with van der Waals surface area (Å²) in [4.78, 5) is 25.3. The van der Waals surface area contributed by atoms with Crippen LogP contribution in [0.5, 0.6) is 0 Å². The zero-order valence-corrected chi connectivity index (χ0v) is 21.0. The molecule has 1 aliphatic carbocycles. The van der Waals surface area contributed by atoms with Gasteiger partial charge in [0.15, 0.2) is 0 Å². The summed E-state index contributed by atoms with van der Waals surface area (Å²) >= 11 is 0. The SMILES string of the molecule is C=CC(=O)N1CC(N2C=C(C#CC3=CC(OC)CC(OC)=C3)C3C2=NC=NC3N)CC1c1nnc(C)o1. The summed E-state index contributed by atoms with van der Waals surface area (Å²) in [7, 11) is 3.30. The molecule has 1 aromatic rings. The van der Waals surface area contributed by atoms with Gasteiger partial charge in [0.25, 0.3) is 0 Å². The van der Waals surface area contributed by atoms with Gasteiger partial charge in [-0.3, -0.25) is 9.79 Å². The van der Waals surface area contributed by atoms with E-state index in [1.165, 1.54) is 12.4 Å². The summed E-state index contributed by atoms with van der Waals surface area (Å²) < 4.78 is 16.6. The number of aliphatic imine (C=N–C) groups is 2. The maximum absolute atomic E-state index is 12.7. The van der Waals surface area contributed by atoms with Gasteiger partial charge >= 0.3 is 0 Å². The molecule has 0 spiro atoms. The molecule has 2 N–H and O–H groups in total. The molecule has 5 unspecified atom stereocenters. The number of carbonyl (C=O) groups is 1. The van der Waals surface area contributed by atoms with Crippen molar-refractivity contribution in [3.05, 3.63) is 59.7 Å². The first-order valence-electron chi connectivity index (χ1n) is 12.0. The zero-order chi connectivity index (χ0) is 26.1. The minimum Gasteiger partial charge on any atom is -0.501 e. The van der Waals surface area contributed by atoms with E-state index >= 15 is 0 Å². The number of rotatable bonds is 5. The Balaban J connectivity index is 1.46. The molecule has 11 heteroatoms. The average molecular weight is 504 g/mol. The van der Waals surface area contributed by atoms with Crippen molar-refractivity contribution in [2.24, 2.45) is 21.6 Å². The predicted octanol–water partition coefficient (Wildman–Crippen LogP) is 1.63. The Bertz CT molecular complexity index is 1310. The molecular weight excluding hydrogens is 474 g/mol. The summed E-state index contributed by atoms with van der Waals surface area (Å²) in [5.74, 6) is 8.44. The second kappa shape index (κ2) is 10.2. The van der Waals surface area contributed by atoms with Crippen LogP contribution in [0.25, 0.3) is 0 Å². The summed E-state index contributed by atoms with van der Waals surface area (Å²) in [6.07, 6.45) is 9.24. The molecule has 192 valence electrons. The number of methoxy groups -OCH3 is 2. The second-order valence-electron chi connectivity index (χ2n) is 9.14. The molecule has 3 aliphatic heterocycles. The lowest BCUT2D eigenvalue weighted by molar-refractivity contribution is -0.127. The maximum Gasteiger partial charge on any atom is 0.246 e. The largest absolute Gasteiger partial charge is 0.501 e. The van der Waals surface area contributed by atoms with E-state index in [1.807, 2.05) is 18.4 Å². The fourth-order valence-corrected chi connectivity index (χ4v) is 5.05. The van der Waals surface area contributed by atoms with Crippen LogP contribution in [0.15, 0.2) is 62.3 Å². The Hall–Kier alpha value is -4.01. The van der Waals surface area contributed by atoms with Crippen molar-refractivity contribution >= 4 is 18.1 Å². The van der Waals surface area contributed by atoms with Crippen molar-refractivity contribution in [1.29, 1.82) is 0 Å². The first-order chi connectivity index (χ1) is 17.9. The zero-order valence-electron chi connectivity index (χ0n) is 21.0. The van der Waals surface area contributed by atoms with Crippen molar-refractivity contribution < 1.29 is 18.7 Å². The van der Waals surface area contributed by atoms with Crippen LogP contribution in [0, 0.1) is 24.7 Å². The predicted molar refractivity (Wildman–Crippen MR) is 136 cm³/mol. The summed E-state index contributed by atoms with van der Waals surface area (Å²) in [6.45, 7) is 5.80. The highest BCUT2D eigenvalue weighted by Gasteiger charge is 2.46. The van der Waals surface area contributed by atoms with Crippen LogP contribution in [0.3, 0.4) is 0 Å². The van der Waals surface area contributed by atoms with Crippen LogP contribution in [-0.2, 0) is 14.3 Å². The van der Waals surface area contributed by atoms with E-state index in [-0.39, 0.29) is 30.0 Å². The van der Waals surface area contributed by atoms with Crippen LogP contribution < -0.4 is 5.73 Å². The van der Waals surface area contributed by atoms with Gasteiger partial charge in [0.2, 0.25) is 17.7 Å². The van der Waals surface area contributed by atoms with E-state index in [0.29, 0.717) is 31.2 Å². The van der Waals surface area contributed by atoms with E-state index in [0.717, 1.165) is 22.7 Å². The highest BCUT2D eigenvalue weighted by molar-refractivity contribution is 5.99. The molecule has 4 aliphatic rings. The monoisotopic (exact) mass is 503 g/mol. The van der Waals surface area contributed by atoms with Gasteiger partial charge in [-0.1, -0.05) is 18.4 Å². The fourth-order valence-electron chi connectivity index (χ4n) is 5.05. The highest BCUT2D eigenvalue weighted by atomic mass is 16.5. The van der Waals surface area contributed by atoms with Crippen LogP contribution in [0.4, 0.5) is 0 Å². The van der Waals surface area contributed by atoms with Gasteiger partial charge < -0.3 is 29.4 Å². The molecule has 1 fully saturated rings. The van der Waals surface area contributed by atoms with Crippen LogP contribution in [0.2, 0.25) is 0 Å². The van der Waals surface area contributed by atoms with Crippen LogP contribution in [0.1, 0.15) is 30.7 Å². The number of allylic oxidation sites excluding steroid dienone is 2. The molecule has 4 heterocycles. The Morgan fingerprint density at radius 2 is 2.16 bits per heavy atom. The number of carbonyl (C=O) groups excluding carboxylic acids is 1. The molecular formula is C26H29N7O4. The Morgan fingerprint density at radius 3 is 2.86 bits per heavy atom. The molecule has 5 rings (SSSR count). The Morgan fingerprint density at radius 1 is 1.32 bits per heavy atom. The van der Waals surface area contributed by atoms with E-state index in [4.69, 9.17) is 19.6 Å². The van der Waals surface area contributed by atoms with Crippen molar-refractivity contribution in [3.63, 3.8) is 0 Å². The fraction of sp³-hybridized carbons (Fsp3) is 0.423.